The van der Waals surface area contributed by atoms with Crippen LogP contribution in [0, 0.1) is 5.92 Å². The average molecular weight is 581 g/mol. The summed E-state index contributed by atoms with van der Waals surface area (Å²) in [5, 5.41) is 19.2. The van der Waals surface area contributed by atoms with Gasteiger partial charge < -0.3 is 24.1 Å². The molecule has 1 saturated heterocycles. The highest BCUT2D eigenvalue weighted by atomic mass is 28.3. The van der Waals surface area contributed by atoms with E-state index in [1.54, 1.807) is 19.1 Å². The van der Waals surface area contributed by atoms with Crippen molar-refractivity contribution in [1.82, 2.24) is 15.0 Å². The van der Waals surface area contributed by atoms with Crippen molar-refractivity contribution < 1.29 is 28.8 Å². The molecule has 4 atom stereocenters. The van der Waals surface area contributed by atoms with E-state index < -0.39 is 8.07 Å². The predicted molar refractivity (Wildman–Crippen MR) is 158 cm³/mol. The highest BCUT2D eigenvalue weighted by molar-refractivity contribution is 6.91. The van der Waals surface area contributed by atoms with E-state index in [4.69, 9.17) is 18.9 Å². The second-order valence-electron chi connectivity index (χ2n) is 11.4. The molecule has 1 N–H and O–H groups in total. The Morgan fingerprint density at radius 2 is 1.95 bits per heavy atom. The molecule has 1 amide bonds. The number of carbonyl (C=O) groups excluding carboxylic acids is 1. The number of amides is 1. The van der Waals surface area contributed by atoms with Crippen molar-refractivity contribution in [3.63, 3.8) is 0 Å². The van der Waals surface area contributed by atoms with Gasteiger partial charge in [0.2, 0.25) is 0 Å². The maximum Gasteiger partial charge on any atom is 0.414 e. The number of aliphatic hydroxyl groups excluding tert-OH is 1. The molecule has 10 nitrogen and oxygen atoms in total. The predicted octanol–water partition coefficient (Wildman–Crippen LogP) is 3.94. The van der Waals surface area contributed by atoms with Gasteiger partial charge in [-0.3, -0.25) is 9.58 Å². The number of aryl methyl sites for hydroxylation is 1. The number of carbonyl (C=O) groups is 1. The van der Waals surface area contributed by atoms with Crippen LogP contribution in [0.4, 0.5) is 10.5 Å². The largest absolute Gasteiger partial charge is 0.497 e. The Labute approximate surface area is 242 Å². The van der Waals surface area contributed by atoms with Gasteiger partial charge in [-0.05, 0) is 42.3 Å². The molecule has 0 bridgehead atoms. The van der Waals surface area contributed by atoms with Crippen molar-refractivity contribution >= 4 is 25.0 Å². The van der Waals surface area contributed by atoms with Gasteiger partial charge in [-0.1, -0.05) is 42.6 Å². The molecule has 0 radical (unpaired) electrons. The normalized spacial score (nSPS) is 21.3. The molecule has 3 aromatic rings. The van der Waals surface area contributed by atoms with E-state index in [9.17, 15) is 9.90 Å². The summed E-state index contributed by atoms with van der Waals surface area (Å²) in [7, 11) is 1.27. The van der Waals surface area contributed by atoms with Crippen molar-refractivity contribution in [2.75, 3.05) is 38.9 Å². The molecule has 0 saturated carbocycles. The Morgan fingerprint density at radius 3 is 2.61 bits per heavy atom. The van der Waals surface area contributed by atoms with E-state index in [1.165, 1.54) is 5.19 Å². The fraction of sp³-hybridized carbons (Fsp3) is 0.500. The number of hydrogen-bond donors (Lipinski definition) is 1. The first-order valence-corrected chi connectivity index (χ1v) is 17.3. The summed E-state index contributed by atoms with van der Waals surface area (Å²) in [4.78, 5) is 13.9. The van der Waals surface area contributed by atoms with Crippen molar-refractivity contribution in [3.05, 3.63) is 59.9 Å². The highest BCUT2D eigenvalue weighted by Gasteiger charge is 2.47. The second-order valence-corrected chi connectivity index (χ2v) is 16.1. The van der Waals surface area contributed by atoms with Crippen LogP contribution >= 0.6 is 0 Å². The van der Waals surface area contributed by atoms with Crippen LogP contribution in [-0.2, 0) is 22.4 Å². The zero-order valence-electron chi connectivity index (χ0n) is 24.4. The van der Waals surface area contributed by atoms with E-state index >= 15 is 0 Å². The maximum absolute atomic E-state index is 12.2. The molecule has 1 unspecified atom stereocenters. The molecular formula is C30H40N4O6Si. The van der Waals surface area contributed by atoms with Gasteiger partial charge in [0, 0.05) is 50.0 Å². The van der Waals surface area contributed by atoms with Gasteiger partial charge in [-0.25, -0.2) is 4.79 Å². The highest BCUT2D eigenvalue weighted by Crippen LogP contribution is 2.48. The molecule has 41 heavy (non-hydrogen) atoms. The van der Waals surface area contributed by atoms with Gasteiger partial charge in [0.05, 0.1) is 33.5 Å². The Kier molecular flexibility index (Phi) is 8.67. The SMILES string of the molecule is COc1ccc([Si](C)(C)C(CCn2cc(CCO)nn2)[C@H]2Oc3ccc(N4CCOC4=O)cc3[C@@H](OC)[C@@H]2C)cc1. The monoisotopic (exact) mass is 580 g/mol. The summed E-state index contributed by atoms with van der Waals surface area (Å²) in [5.41, 5.74) is 2.72. The number of anilines is 1. The maximum atomic E-state index is 12.2. The Hall–Kier alpha value is -3.41. The number of nitrogens with zero attached hydrogens (tertiary/aromatic N) is 4. The van der Waals surface area contributed by atoms with Crippen molar-refractivity contribution in [2.45, 2.75) is 57.2 Å². The second kappa shape index (κ2) is 12.2. The van der Waals surface area contributed by atoms with E-state index in [-0.39, 0.29) is 36.4 Å². The molecular weight excluding hydrogens is 540 g/mol. The quantitative estimate of drug-likeness (QED) is 0.340. The molecule has 1 fully saturated rings. The molecule has 2 aliphatic rings. The molecule has 0 aliphatic carbocycles. The van der Waals surface area contributed by atoms with Crippen LogP contribution in [0.2, 0.25) is 18.6 Å². The van der Waals surface area contributed by atoms with Crippen molar-refractivity contribution in [1.29, 1.82) is 0 Å². The zero-order chi connectivity index (χ0) is 29.1. The van der Waals surface area contributed by atoms with E-state index in [0.717, 1.165) is 34.9 Å². The number of ether oxygens (including phenoxy) is 4. The molecule has 3 heterocycles. The molecule has 2 aromatic carbocycles. The van der Waals surface area contributed by atoms with Gasteiger partial charge in [0.25, 0.3) is 0 Å². The average Bonchev–Trinajstić information content (AvgIpc) is 3.62. The number of hydrogen-bond acceptors (Lipinski definition) is 8. The lowest BCUT2D eigenvalue weighted by Gasteiger charge is -2.46. The zero-order valence-corrected chi connectivity index (χ0v) is 25.4. The number of benzene rings is 2. The smallest absolute Gasteiger partial charge is 0.414 e. The van der Waals surface area contributed by atoms with Crippen LogP contribution in [0.5, 0.6) is 11.5 Å². The summed E-state index contributed by atoms with van der Waals surface area (Å²) in [6.45, 7) is 8.63. The summed E-state index contributed by atoms with van der Waals surface area (Å²) in [6, 6.07) is 14.3. The van der Waals surface area contributed by atoms with Gasteiger partial charge in [-0.2, -0.15) is 0 Å². The van der Waals surface area contributed by atoms with Crippen LogP contribution in [-0.4, -0.2) is 74.3 Å². The fourth-order valence-corrected chi connectivity index (χ4v) is 9.78. The lowest BCUT2D eigenvalue weighted by Crippen LogP contribution is -2.54. The minimum atomic E-state index is -2.15. The summed E-state index contributed by atoms with van der Waals surface area (Å²) >= 11 is 0. The van der Waals surface area contributed by atoms with Crippen LogP contribution in [0.25, 0.3) is 0 Å². The van der Waals surface area contributed by atoms with Gasteiger partial charge >= 0.3 is 6.09 Å². The molecule has 11 heteroatoms. The summed E-state index contributed by atoms with van der Waals surface area (Å²) in [5.74, 6) is 1.67. The van der Waals surface area contributed by atoms with Crippen molar-refractivity contribution in [2.24, 2.45) is 5.92 Å². The van der Waals surface area contributed by atoms with E-state index in [2.05, 4.69) is 42.5 Å². The molecule has 220 valence electrons. The van der Waals surface area contributed by atoms with Gasteiger partial charge in [-0.15, -0.1) is 5.10 Å². The topological polar surface area (TPSA) is 108 Å². The number of aromatic nitrogens is 3. The van der Waals surface area contributed by atoms with Crippen molar-refractivity contribution in [3.8, 4) is 11.5 Å². The molecule has 1 aromatic heterocycles. The van der Waals surface area contributed by atoms with Crippen LogP contribution in [0.3, 0.4) is 0 Å². The van der Waals surface area contributed by atoms with Crippen LogP contribution < -0.4 is 19.6 Å². The minimum absolute atomic E-state index is 0.0454. The Bertz CT molecular complexity index is 1350. The molecule has 0 spiro atoms. The van der Waals surface area contributed by atoms with Gasteiger partial charge in [0.1, 0.15) is 24.2 Å². The minimum Gasteiger partial charge on any atom is -0.497 e. The molecule has 2 aliphatic heterocycles. The number of fused-ring (bicyclic) bond motifs is 1. The van der Waals surface area contributed by atoms with E-state index in [1.807, 2.05) is 41.2 Å². The first-order valence-electron chi connectivity index (χ1n) is 14.2. The lowest BCUT2D eigenvalue weighted by atomic mass is 9.86. The first-order chi connectivity index (χ1) is 19.8. The third-order valence-corrected chi connectivity index (χ3v) is 13.0. The van der Waals surface area contributed by atoms with Crippen LogP contribution in [0.1, 0.15) is 30.7 Å². The number of rotatable bonds is 11. The molecule has 5 rings (SSSR count). The van der Waals surface area contributed by atoms with Crippen LogP contribution in [0.15, 0.2) is 48.7 Å². The lowest BCUT2D eigenvalue weighted by molar-refractivity contribution is -0.0233. The summed E-state index contributed by atoms with van der Waals surface area (Å²) in [6.07, 6.45) is 2.60. The third kappa shape index (κ3) is 5.84. The van der Waals surface area contributed by atoms with Gasteiger partial charge in [0.15, 0.2) is 0 Å². The Balaban J connectivity index is 1.48. The number of cyclic esters (lactones) is 1. The standard InChI is InChI=1S/C30H40N4O6Si/c1-20-28(38-3)25-18-22(34-15-17-39-30(34)36)6-11-26(25)40-29(20)27(12-14-33-19-21(13-16-35)31-32-33)41(4,5)24-9-7-23(37-2)8-10-24/h6-11,18-20,27-29,35H,12-17H2,1-5H3/t20-,27?,28-,29-/m0/s1. The third-order valence-electron chi connectivity index (χ3n) is 8.67. The summed E-state index contributed by atoms with van der Waals surface area (Å²) < 4.78 is 25.5. The number of aliphatic hydroxyl groups is 1. The Morgan fingerprint density at radius 1 is 1.17 bits per heavy atom. The number of methoxy groups -OCH3 is 2. The fourth-order valence-electron chi connectivity index (χ4n) is 6.28. The van der Waals surface area contributed by atoms with E-state index in [0.29, 0.717) is 26.1 Å². The first kappa shape index (κ1) is 29.1.